The van der Waals surface area contributed by atoms with Crippen molar-refractivity contribution in [3.05, 3.63) is 39.3 Å². The van der Waals surface area contributed by atoms with Gasteiger partial charge < -0.3 is 9.72 Å². The number of hydrogen-bond acceptors (Lipinski definition) is 4. The fraction of sp³-hybridized carbons (Fsp3) is 0.278. The van der Waals surface area contributed by atoms with E-state index in [-0.39, 0.29) is 6.04 Å². The van der Waals surface area contributed by atoms with Crippen molar-refractivity contribution in [2.45, 2.75) is 18.9 Å². The monoisotopic (exact) mass is 434 g/mol. The van der Waals surface area contributed by atoms with Crippen molar-refractivity contribution in [2.75, 3.05) is 13.2 Å². The second-order valence-corrected chi connectivity index (χ2v) is 7.93. The first-order chi connectivity index (χ1) is 13.6. The van der Waals surface area contributed by atoms with Crippen LogP contribution in [0.3, 0.4) is 0 Å². The normalized spacial score (nSPS) is 17.4. The van der Waals surface area contributed by atoms with Gasteiger partial charge in [-0.05, 0) is 31.1 Å². The molecule has 1 aliphatic heterocycles. The zero-order chi connectivity index (χ0) is 19.3. The molecule has 3 aromatic heterocycles. The summed E-state index contributed by atoms with van der Waals surface area (Å²) < 4.78 is 7.95. The summed E-state index contributed by atoms with van der Waals surface area (Å²) in [5.41, 5.74) is 3.41. The summed E-state index contributed by atoms with van der Waals surface area (Å²) in [6.45, 7) is 1.49. The van der Waals surface area contributed by atoms with Crippen LogP contribution in [0.5, 0.6) is 0 Å². The Labute approximate surface area is 175 Å². The zero-order valence-electron chi connectivity index (χ0n) is 14.6. The van der Waals surface area contributed by atoms with Crippen LogP contribution in [0.1, 0.15) is 18.9 Å². The van der Waals surface area contributed by atoms with Gasteiger partial charge in [0.2, 0.25) is 4.77 Å². The lowest BCUT2D eigenvalue weighted by Gasteiger charge is -2.22. The number of benzene rings is 1. The third-order valence-electron chi connectivity index (χ3n) is 5.00. The average Bonchev–Trinajstić information content (AvgIpc) is 3.43. The van der Waals surface area contributed by atoms with Crippen molar-refractivity contribution in [2.24, 2.45) is 0 Å². The number of H-pyrrole nitrogens is 3. The van der Waals surface area contributed by atoms with Crippen LogP contribution in [0.4, 0.5) is 0 Å². The maximum absolute atomic E-state index is 6.46. The molecule has 28 heavy (non-hydrogen) atoms. The predicted octanol–water partition coefficient (Wildman–Crippen LogP) is 5.14. The van der Waals surface area contributed by atoms with Crippen molar-refractivity contribution in [1.82, 2.24) is 29.9 Å². The molecule has 1 atom stereocenters. The number of hydrogen-bond donors (Lipinski definition) is 3. The quantitative estimate of drug-likeness (QED) is 0.389. The summed E-state index contributed by atoms with van der Waals surface area (Å²) in [6, 6.07) is 3.98. The van der Waals surface area contributed by atoms with Crippen LogP contribution in [-0.2, 0) is 4.74 Å². The summed E-state index contributed by atoms with van der Waals surface area (Å²) in [7, 11) is 0. The second-order valence-electron chi connectivity index (χ2n) is 6.75. The Balaban J connectivity index is 1.70. The van der Waals surface area contributed by atoms with Crippen molar-refractivity contribution in [3.63, 3.8) is 0 Å². The molecular weight excluding hydrogens is 419 g/mol. The molecule has 0 saturated carbocycles. The highest BCUT2D eigenvalue weighted by molar-refractivity contribution is 7.71. The van der Waals surface area contributed by atoms with E-state index >= 15 is 0 Å². The molecule has 0 amide bonds. The fourth-order valence-corrected chi connectivity index (χ4v) is 4.18. The van der Waals surface area contributed by atoms with Crippen molar-refractivity contribution in [3.8, 4) is 22.6 Å². The molecule has 1 fully saturated rings. The summed E-state index contributed by atoms with van der Waals surface area (Å²) in [5.74, 6) is 0.595. The minimum atomic E-state index is 0.241. The van der Waals surface area contributed by atoms with E-state index in [0.717, 1.165) is 47.2 Å². The van der Waals surface area contributed by atoms with E-state index in [2.05, 4.69) is 25.3 Å². The number of fused-ring (bicyclic) bond motifs is 1. The number of ether oxygens (including phenoxy) is 1. The molecule has 7 nitrogen and oxygen atoms in total. The Morgan fingerprint density at radius 3 is 2.89 bits per heavy atom. The first-order valence-corrected chi connectivity index (χ1v) is 10.0. The highest BCUT2D eigenvalue weighted by Gasteiger charge is 2.22. The fourth-order valence-electron chi connectivity index (χ4n) is 3.67. The molecule has 0 radical (unpaired) electrons. The Bertz CT molecular complexity index is 1220. The van der Waals surface area contributed by atoms with Gasteiger partial charge in [-0.1, -0.05) is 29.3 Å². The van der Waals surface area contributed by atoms with Crippen LogP contribution in [0, 0.1) is 4.77 Å². The standard InChI is InChI=1S/C18H16Cl2N6OS/c19-12-4-3-11-13(9-6-21-26(7-9)10-2-1-5-27-8-10)16(22-15(11)14(12)20)17-23-18(28)25-24-17/h3-4,6-7,10,22H,1-2,5,8H2,(H2,23,24,25,28). The molecule has 1 saturated heterocycles. The SMILES string of the molecule is S=c1nc(-c2[nH]c3c(Cl)c(Cl)ccc3c2-c2cnn(C3CCCOC3)c2)[nH][nH]1. The lowest BCUT2D eigenvalue weighted by molar-refractivity contribution is 0.0549. The van der Waals surface area contributed by atoms with Crippen LogP contribution >= 0.6 is 35.4 Å². The number of rotatable bonds is 3. The third kappa shape index (κ3) is 2.97. The van der Waals surface area contributed by atoms with Gasteiger partial charge in [0.15, 0.2) is 5.82 Å². The lowest BCUT2D eigenvalue weighted by atomic mass is 10.0. The Hall–Kier alpha value is -2.13. The van der Waals surface area contributed by atoms with Gasteiger partial charge in [-0.3, -0.25) is 14.9 Å². The maximum atomic E-state index is 6.46. The molecular formula is C18H16Cl2N6OS. The molecule has 5 rings (SSSR count). The number of halogens is 2. The molecule has 1 aromatic carbocycles. The number of aromatic amines is 3. The van der Waals surface area contributed by atoms with Gasteiger partial charge in [0.05, 0.1) is 40.1 Å². The number of nitrogens with one attached hydrogen (secondary N) is 3. The topological polar surface area (TPSA) is 87.3 Å². The smallest absolute Gasteiger partial charge is 0.213 e. The van der Waals surface area contributed by atoms with Crippen LogP contribution in [-0.4, -0.2) is 43.2 Å². The van der Waals surface area contributed by atoms with Gasteiger partial charge in [0, 0.05) is 29.3 Å². The molecule has 10 heteroatoms. The average molecular weight is 435 g/mol. The van der Waals surface area contributed by atoms with Crippen LogP contribution in [0.15, 0.2) is 24.5 Å². The predicted molar refractivity (Wildman–Crippen MR) is 111 cm³/mol. The van der Waals surface area contributed by atoms with Crippen molar-refractivity contribution >= 4 is 46.3 Å². The van der Waals surface area contributed by atoms with E-state index in [4.69, 9.17) is 40.2 Å². The lowest BCUT2D eigenvalue weighted by Crippen LogP contribution is -2.21. The molecule has 4 heterocycles. The minimum absolute atomic E-state index is 0.241. The van der Waals surface area contributed by atoms with Crippen molar-refractivity contribution in [1.29, 1.82) is 0 Å². The molecule has 0 aliphatic carbocycles. The summed E-state index contributed by atoms with van der Waals surface area (Å²) in [6.07, 6.45) is 5.98. The molecule has 144 valence electrons. The highest BCUT2D eigenvalue weighted by Crippen LogP contribution is 2.41. The minimum Gasteiger partial charge on any atom is -0.379 e. The number of aromatic nitrogens is 6. The first-order valence-electron chi connectivity index (χ1n) is 8.89. The largest absolute Gasteiger partial charge is 0.379 e. The van der Waals surface area contributed by atoms with E-state index in [1.54, 1.807) is 6.07 Å². The van der Waals surface area contributed by atoms with E-state index < -0.39 is 0 Å². The molecule has 3 N–H and O–H groups in total. The Morgan fingerprint density at radius 1 is 1.25 bits per heavy atom. The van der Waals surface area contributed by atoms with Crippen molar-refractivity contribution < 1.29 is 4.74 Å². The Kier molecular flexibility index (Phi) is 4.51. The van der Waals surface area contributed by atoms with Gasteiger partial charge in [0.25, 0.3) is 0 Å². The molecule has 0 spiro atoms. The second kappa shape index (κ2) is 7.04. The highest BCUT2D eigenvalue weighted by atomic mass is 35.5. The van der Waals surface area contributed by atoms with E-state index in [1.807, 2.05) is 23.1 Å². The van der Waals surface area contributed by atoms with Gasteiger partial charge in [-0.2, -0.15) is 10.1 Å². The summed E-state index contributed by atoms with van der Waals surface area (Å²) in [4.78, 5) is 7.71. The molecule has 4 aromatic rings. The van der Waals surface area contributed by atoms with Crippen LogP contribution in [0.25, 0.3) is 33.5 Å². The maximum Gasteiger partial charge on any atom is 0.213 e. The van der Waals surface area contributed by atoms with Gasteiger partial charge in [0.1, 0.15) is 0 Å². The Morgan fingerprint density at radius 2 is 2.14 bits per heavy atom. The van der Waals surface area contributed by atoms with Gasteiger partial charge >= 0.3 is 0 Å². The molecule has 1 unspecified atom stereocenters. The molecule has 1 aliphatic rings. The van der Waals surface area contributed by atoms with E-state index in [9.17, 15) is 0 Å². The van der Waals surface area contributed by atoms with E-state index in [0.29, 0.717) is 27.2 Å². The first kappa shape index (κ1) is 17.9. The van der Waals surface area contributed by atoms with Crippen LogP contribution in [0.2, 0.25) is 10.0 Å². The van der Waals surface area contributed by atoms with Gasteiger partial charge in [-0.25, -0.2) is 0 Å². The van der Waals surface area contributed by atoms with E-state index in [1.165, 1.54) is 0 Å². The van der Waals surface area contributed by atoms with Gasteiger partial charge in [-0.15, -0.1) is 0 Å². The van der Waals surface area contributed by atoms with Crippen LogP contribution < -0.4 is 0 Å². The zero-order valence-corrected chi connectivity index (χ0v) is 17.0. The molecule has 0 bridgehead atoms. The third-order valence-corrected chi connectivity index (χ3v) is 6.00. The summed E-state index contributed by atoms with van der Waals surface area (Å²) >= 11 is 17.8. The summed E-state index contributed by atoms with van der Waals surface area (Å²) in [5, 5.41) is 12.3. The number of nitrogens with zero attached hydrogens (tertiary/aromatic N) is 3.